The van der Waals surface area contributed by atoms with E-state index in [2.05, 4.69) is 4.72 Å². The van der Waals surface area contributed by atoms with Crippen LogP contribution in [0.4, 0.5) is 5.69 Å². The fourth-order valence-corrected chi connectivity index (χ4v) is 5.15. The van der Waals surface area contributed by atoms with Gasteiger partial charge in [-0.3, -0.25) is 10.1 Å². The minimum Gasteiger partial charge on any atom is -0.378 e. The molecule has 1 atom stereocenters. The van der Waals surface area contributed by atoms with Crippen LogP contribution in [0.2, 0.25) is 0 Å². The normalized spacial score (nSPS) is 19.6. The van der Waals surface area contributed by atoms with Gasteiger partial charge in [0.15, 0.2) is 0 Å². The first kappa shape index (κ1) is 19.7. The number of non-ortho nitro benzene ring substituents is 1. The quantitative estimate of drug-likeness (QED) is 0.505. The second-order valence-corrected chi connectivity index (χ2v) is 9.31. The van der Waals surface area contributed by atoms with E-state index < -0.39 is 30.7 Å². The summed E-state index contributed by atoms with van der Waals surface area (Å²) < 4.78 is 57.6. The van der Waals surface area contributed by atoms with E-state index >= 15 is 0 Å². The van der Waals surface area contributed by atoms with Gasteiger partial charge in [-0.2, -0.15) is 4.31 Å². The minimum absolute atomic E-state index is 0.223. The maximum absolute atomic E-state index is 12.3. The average Bonchev–Trinajstić information content (AvgIpc) is 2.54. The van der Waals surface area contributed by atoms with Crippen molar-refractivity contribution in [1.29, 1.82) is 0 Å². The Morgan fingerprint density at radius 1 is 1.36 bits per heavy atom. The third-order valence-electron chi connectivity index (χ3n) is 3.65. The summed E-state index contributed by atoms with van der Waals surface area (Å²) >= 11 is 0. The van der Waals surface area contributed by atoms with Crippen LogP contribution < -0.4 is 4.72 Å². The van der Waals surface area contributed by atoms with Crippen molar-refractivity contribution in [3.05, 3.63) is 34.4 Å². The van der Waals surface area contributed by atoms with Crippen LogP contribution in [0.5, 0.6) is 0 Å². The fourth-order valence-electron chi connectivity index (χ4n) is 2.40. The van der Waals surface area contributed by atoms with Crippen molar-refractivity contribution in [3.63, 3.8) is 0 Å². The van der Waals surface area contributed by atoms with Crippen LogP contribution in [0, 0.1) is 10.1 Å². The molecule has 0 radical (unpaired) electrons. The zero-order chi connectivity index (χ0) is 18.7. The predicted molar refractivity (Wildman–Crippen MR) is 89.1 cm³/mol. The number of nitro groups is 1. The Labute approximate surface area is 146 Å². The SMILES string of the molecule is CC1COCCN1S(=O)(=O)CCNS(=O)(=O)c1cccc([N+](=O)[O-])c1. The van der Waals surface area contributed by atoms with E-state index in [1.54, 1.807) is 6.92 Å². The van der Waals surface area contributed by atoms with Gasteiger partial charge in [0.25, 0.3) is 5.69 Å². The van der Waals surface area contributed by atoms with Gasteiger partial charge in [-0.1, -0.05) is 6.07 Å². The van der Waals surface area contributed by atoms with Crippen LogP contribution in [0.1, 0.15) is 6.92 Å². The van der Waals surface area contributed by atoms with Crippen LogP contribution in [0.25, 0.3) is 0 Å². The maximum atomic E-state index is 12.3. The van der Waals surface area contributed by atoms with E-state index in [0.717, 1.165) is 6.07 Å². The third-order valence-corrected chi connectivity index (χ3v) is 7.09. The van der Waals surface area contributed by atoms with Crippen molar-refractivity contribution in [2.24, 2.45) is 0 Å². The summed E-state index contributed by atoms with van der Waals surface area (Å²) in [6.45, 7) is 2.18. The first-order valence-corrected chi connectivity index (χ1v) is 10.5. The molecule has 0 spiro atoms. The molecule has 140 valence electrons. The second-order valence-electron chi connectivity index (χ2n) is 5.50. The molecule has 1 fully saturated rings. The Hall–Kier alpha value is -1.60. The minimum atomic E-state index is -4.05. The molecule has 1 N–H and O–H groups in total. The summed E-state index contributed by atoms with van der Waals surface area (Å²) in [5.74, 6) is -0.411. The van der Waals surface area contributed by atoms with Gasteiger partial charge >= 0.3 is 0 Å². The van der Waals surface area contributed by atoms with Crippen LogP contribution in [-0.2, 0) is 24.8 Å². The van der Waals surface area contributed by atoms with Crippen molar-refractivity contribution in [3.8, 4) is 0 Å². The molecule has 12 heteroatoms. The number of benzene rings is 1. The van der Waals surface area contributed by atoms with Gasteiger partial charge in [0.2, 0.25) is 20.0 Å². The molecule has 0 bridgehead atoms. The Kier molecular flexibility index (Phi) is 6.11. The van der Waals surface area contributed by atoms with Gasteiger partial charge in [-0.15, -0.1) is 0 Å². The highest BCUT2D eigenvalue weighted by Gasteiger charge is 2.30. The zero-order valence-corrected chi connectivity index (χ0v) is 15.1. The van der Waals surface area contributed by atoms with E-state index in [1.807, 2.05) is 0 Å². The molecule has 1 aliphatic rings. The highest BCUT2D eigenvalue weighted by Crippen LogP contribution is 2.17. The number of sulfonamides is 2. The molecule has 25 heavy (non-hydrogen) atoms. The van der Waals surface area contributed by atoms with Crippen LogP contribution in [0.3, 0.4) is 0 Å². The van der Waals surface area contributed by atoms with E-state index in [-0.39, 0.29) is 29.7 Å². The van der Waals surface area contributed by atoms with E-state index in [9.17, 15) is 26.9 Å². The van der Waals surface area contributed by atoms with Gasteiger partial charge in [0.05, 0.1) is 28.8 Å². The molecular formula is C13H19N3O7S2. The molecule has 0 saturated carbocycles. The van der Waals surface area contributed by atoms with Gasteiger partial charge in [-0.25, -0.2) is 21.6 Å². The standard InChI is InChI=1S/C13H19N3O7S2/c1-11-10-23-7-6-15(11)24(19,20)8-5-14-25(21,22)13-4-2-3-12(9-13)16(17)18/h2-4,9,11,14H,5-8,10H2,1H3. The van der Waals surface area contributed by atoms with Crippen LogP contribution >= 0.6 is 0 Å². The lowest BCUT2D eigenvalue weighted by molar-refractivity contribution is -0.385. The number of morpholine rings is 1. The number of hydrogen-bond donors (Lipinski definition) is 1. The Morgan fingerprint density at radius 2 is 2.08 bits per heavy atom. The lowest BCUT2D eigenvalue weighted by Crippen LogP contribution is -2.49. The first-order chi connectivity index (χ1) is 11.6. The van der Waals surface area contributed by atoms with Crippen LogP contribution in [0.15, 0.2) is 29.2 Å². The molecule has 1 heterocycles. The Balaban J connectivity index is 2.02. The molecule has 1 saturated heterocycles. The fraction of sp³-hybridized carbons (Fsp3) is 0.538. The summed E-state index contributed by atoms with van der Waals surface area (Å²) in [4.78, 5) is 9.73. The molecule has 1 aromatic carbocycles. The van der Waals surface area contributed by atoms with E-state index in [0.29, 0.717) is 13.2 Å². The highest BCUT2D eigenvalue weighted by atomic mass is 32.2. The first-order valence-electron chi connectivity index (χ1n) is 7.45. The van der Waals surface area contributed by atoms with Crippen LogP contribution in [-0.4, -0.2) is 64.2 Å². The molecule has 10 nitrogen and oxygen atoms in total. The molecule has 1 aromatic rings. The monoisotopic (exact) mass is 393 g/mol. The smallest absolute Gasteiger partial charge is 0.270 e. The topological polar surface area (TPSA) is 136 Å². The van der Waals surface area contributed by atoms with Crippen molar-refractivity contribution in [2.75, 3.05) is 32.1 Å². The number of nitro benzene ring substituents is 1. The molecule has 1 unspecified atom stereocenters. The summed E-state index contributed by atoms with van der Waals surface area (Å²) in [5.41, 5.74) is -0.363. The average molecular weight is 393 g/mol. The molecule has 1 aliphatic heterocycles. The van der Waals surface area contributed by atoms with Crippen molar-refractivity contribution >= 4 is 25.7 Å². The predicted octanol–water partition coefficient (Wildman–Crippen LogP) is -0.0764. The maximum Gasteiger partial charge on any atom is 0.270 e. The zero-order valence-electron chi connectivity index (χ0n) is 13.5. The van der Waals surface area contributed by atoms with Gasteiger partial charge < -0.3 is 4.74 Å². The summed E-state index contributed by atoms with van der Waals surface area (Å²) in [6.07, 6.45) is 0. The van der Waals surface area contributed by atoms with E-state index in [4.69, 9.17) is 4.74 Å². The summed E-state index contributed by atoms with van der Waals surface area (Å²) in [6, 6.07) is 4.23. The summed E-state index contributed by atoms with van der Waals surface area (Å²) in [7, 11) is -7.69. The third kappa shape index (κ3) is 4.95. The molecule has 0 amide bonds. The number of nitrogens with one attached hydrogen (secondary N) is 1. The Bertz CT molecular complexity index is 839. The summed E-state index contributed by atoms with van der Waals surface area (Å²) in [5, 5.41) is 10.7. The van der Waals surface area contributed by atoms with Gasteiger partial charge in [-0.05, 0) is 13.0 Å². The molecule has 0 aliphatic carbocycles. The molecule has 2 rings (SSSR count). The lowest BCUT2D eigenvalue weighted by atomic mass is 10.3. The van der Waals surface area contributed by atoms with Gasteiger partial charge in [0, 0.05) is 31.3 Å². The second kappa shape index (κ2) is 7.74. The largest absolute Gasteiger partial charge is 0.378 e. The van der Waals surface area contributed by atoms with Crippen molar-refractivity contribution in [2.45, 2.75) is 17.9 Å². The molecular weight excluding hydrogens is 374 g/mol. The number of rotatable bonds is 7. The number of nitrogens with zero attached hydrogens (tertiary/aromatic N) is 2. The van der Waals surface area contributed by atoms with E-state index in [1.165, 1.54) is 22.5 Å². The van der Waals surface area contributed by atoms with Gasteiger partial charge in [0.1, 0.15) is 0 Å². The number of ether oxygens (including phenoxy) is 1. The van der Waals surface area contributed by atoms with Crippen molar-refractivity contribution in [1.82, 2.24) is 9.03 Å². The van der Waals surface area contributed by atoms with Crippen molar-refractivity contribution < 1.29 is 26.5 Å². The highest BCUT2D eigenvalue weighted by molar-refractivity contribution is 7.90. The lowest BCUT2D eigenvalue weighted by Gasteiger charge is -2.32. The Morgan fingerprint density at radius 3 is 2.72 bits per heavy atom. The number of hydrogen-bond acceptors (Lipinski definition) is 7. The molecule has 0 aromatic heterocycles.